The zero-order valence-corrected chi connectivity index (χ0v) is 17.9. The van der Waals surface area contributed by atoms with Gasteiger partial charge in [0, 0.05) is 32.0 Å². The highest BCUT2D eigenvalue weighted by molar-refractivity contribution is 14.0. The number of aromatic nitrogens is 2. The second kappa shape index (κ2) is 13.6. The lowest BCUT2D eigenvalue weighted by atomic mass is 10.2. The zero-order valence-electron chi connectivity index (χ0n) is 15.6. The first kappa shape index (κ1) is 22.4. The van der Waals surface area contributed by atoms with E-state index in [1.165, 1.54) is 5.56 Å². The Kier molecular flexibility index (Phi) is 11.7. The Bertz CT molecular complexity index is 604. The van der Waals surface area contributed by atoms with E-state index in [2.05, 4.69) is 46.7 Å². The van der Waals surface area contributed by atoms with Crippen molar-refractivity contribution >= 4 is 29.9 Å². The highest BCUT2D eigenvalue weighted by Gasteiger charge is 2.04. The van der Waals surface area contributed by atoms with Gasteiger partial charge < -0.3 is 15.4 Å². The predicted molar refractivity (Wildman–Crippen MR) is 117 cm³/mol. The Balaban J connectivity index is 0.00000338. The standard InChI is InChI=1S/C19H29N5O.HI/c1-3-20-19(21-11-13-24-12-7-10-23-24)22-14-17(2)15-25-16-18-8-5-4-6-9-18;/h4-10,12,17H,3,11,13-16H2,1-2H3,(H2,20,21,22);1H. The van der Waals surface area contributed by atoms with E-state index in [0.29, 0.717) is 19.1 Å². The normalized spacial score (nSPS) is 12.3. The summed E-state index contributed by atoms with van der Waals surface area (Å²) in [7, 11) is 0. The summed E-state index contributed by atoms with van der Waals surface area (Å²) in [6.07, 6.45) is 3.74. The van der Waals surface area contributed by atoms with Gasteiger partial charge in [0.05, 0.1) is 19.8 Å². The second-order valence-electron chi connectivity index (χ2n) is 6.02. The molecule has 0 aliphatic heterocycles. The first-order chi connectivity index (χ1) is 12.3. The van der Waals surface area contributed by atoms with E-state index in [4.69, 9.17) is 4.74 Å². The third-order valence-electron chi connectivity index (χ3n) is 3.61. The SMILES string of the molecule is CCNC(=NCC(C)COCc1ccccc1)NCCn1cccn1.I. The van der Waals surface area contributed by atoms with Gasteiger partial charge in [-0.2, -0.15) is 5.10 Å². The molecule has 2 N–H and O–H groups in total. The minimum atomic E-state index is 0. The van der Waals surface area contributed by atoms with Crippen molar-refractivity contribution in [2.45, 2.75) is 27.0 Å². The maximum absolute atomic E-state index is 5.78. The Morgan fingerprint density at radius 3 is 2.73 bits per heavy atom. The first-order valence-electron chi connectivity index (χ1n) is 8.89. The summed E-state index contributed by atoms with van der Waals surface area (Å²) < 4.78 is 7.68. The molecule has 2 aromatic rings. The van der Waals surface area contributed by atoms with Crippen molar-refractivity contribution in [1.29, 1.82) is 0 Å². The van der Waals surface area contributed by atoms with Crippen molar-refractivity contribution in [3.63, 3.8) is 0 Å². The van der Waals surface area contributed by atoms with Gasteiger partial charge in [0.1, 0.15) is 0 Å². The van der Waals surface area contributed by atoms with Gasteiger partial charge in [-0.1, -0.05) is 37.3 Å². The van der Waals surface area contributed by atoms with Gasteiger partial charge in [-0.3, -0.25) is 9.67 Å². The van der Waals surface area contributed by atoms with E-state index in [1.807, 2.05) is 35.1 Å². The molecule has 1 aromatic heterocycles. The predicted octanol–water partition coefficient (Wildman–Crippen LogP) is 2.91. The number of hydrogen-bond donors (Lipinski definition) is 2. The fourth-order valence-electron chi connectivity index (χ4n) is 2.32. The molecule has 2 rings (SSSR count). The number of ether oxygens (including phenoxy) is 1. The number of nitrogens with one attached hydrogen (secondary N) is 2. The topological polar surface area (TPSA) is 63.5 Å². The minimum absolute atomic E-state index is 0. The molecule has 0 saturated heterocycles. The molecule has 1 atom stereocenters. The highest BCUT2D eigenvalue weighted by atomic mass is 127. The lowest BCUT2D eigenvalue weighted by Crippen LogP contribution is -2.39. The Morgan fingerprint density at radius 1 is 1.23 bits per heavy atom. The van der Waals surface area contributed by atoms with Crippen LogP contribution in [0.25, 0.3) is 0 Å². The second-order valence-corrected chi connectivity index (χ2v) is 6.02. The summed E-state index contributed by atoms with van der Waals surface area (Å²) in [4.78, 5) is 4.64. The summed E-state index contributed by atoms with van der Waals surface area (Å²) in [6.45, 7) is 8.74. The molecule has 0 aliphatic rings. The van der Waals surface area contributed by atoms with Gasteiger partial charge >= 0.3 is 0 Å². The lowest BCUT2D eigenvalue weighted by molar-refractivity contribution is 0.0945. The number of nitrogens with zero attached hydrogens (tertiary/aromatic N) is 3. The van der Waals surface area contributed by atoms with Crippen LogP contribution in [0.15, 0.2) is 53.8 Å². The molecular weight excluding hydrogens is 441 g/mol. The first-order valence-corrected chi connectivity index (χ1v) is 8.89. The van der Waals surface area contributed by atoms with Crippen LogP contribution in [0.4, 0.5) is 0 Å². The summed E-state index contributed by atoms with van der Waals surface area (Å²) >= 11 is 0. The molecule has 0 radical (unpaired) electrons. The summed E-state index contributed by atoms with van der Waals surface area (Å²) in [5.74, 6) is 1.20. The summed E-state index contributed by atoms with van der Waals surface area (Å²) in [5.41, 5.74) is 1.20. The number of benzene rings is 1. The molecular formula is C19H30IN5O. The van der Waals surface area contributed by atoms with Crippen LogP contribution < -0.4 is 10.6 Å². The van der Waals surface area contributed by atoms with Gasteiger partial charge in [0.15, 0.2) is 5.96 Å². The number of guanidine groups is 1. The average Bonchev–Trinajstić information content (AvgIpc) is 3.14. The maximum Gasteiger partial charge on any atom is 0.191 e. The third kappa shape index (κ3) is 9.19. The molecule has 144 valence electrons. The molecule has 0 fully saturated rings. The smallest absolute Gasteiger partial charge is 0.191 e. The van der Waals surface area contributed by atoms with Gasteiger partial charge in [0.25, 0.3) is 0 Å². The molecule has 0 bridgehead atoms. The minimum Gasteiger partial charge on any atom is -0.376 e. The number of rotatable bonds is 10. The van der Waals surface area contributed by atoms with Crippen LogP contribution in [-0.4, -0.2) is 42.0 Å². The molecule has 0 amide bonds. The largest absolute Gasteiger partial charge is 0.376 e. The van der Waals surface area contributed by atoms with Crippen LogP contribution in [0.2, 0.25) is 0 Å². The van der Waals surface area contributed by atoms with Crippen molar-refractivity contribution in [2.24, 2.45) is 10.9 Å². The van der Waals surface area contributed by atoms with Crippen molar-refractivity contribution in [3.05, 3.63) is 54.4 Å². The van der Waals surface area contributed by atoms with Crippen LogP contribution in [-0.2, 0) is 17.9 Å². The van der Waals surface area contributed by atoms with E-state index >= 15 is 0 Å². The van der Waals surface area contributed by atoms with Crippen LogP contribution >= 0.6 is 24.0 Å². The summed E-state index contributed by atoms with van der Waals surface area (Å²) in [6, 6.07) is 12.2. The lowest BCUT2D eigenvalue weighted by Gasteiger charge is -2.14. The molecule has 7 heteroatoms. The fraction of sp³-hybridized carbons (Fsp3) is 0.474. The van der Waals surface area contributed by atoms with E-state index in [1.54, 1.807) is 6.20 Å². The number of aliphatic imine (C=N–C) groups is 1. The van der Waals surface area contributed by atoms with Crippen molar-refractivity contribution in [2.75, 3.05) is 26.2 Å². The number of hydrogen-bond acceptors (Lipinski definition) is 3. The van der Waals surface area contributed by atoms with E-state index < -0.39 is 0 Å². The van der Waals surface area contributed by atoms with E-state index in [-0.39, 0.29) is 24.0 Å². The third-order valence-corrected chi connectivity index (χ3v) is 3.61. The average molecular weight is 471 g/mol. The number of halogens is 1. The van der Waals surface area contributed by atoms with Gasteiger partial charge in [-0.25, -0.2) is 0 Å². The Hall–Kier alpha value is -1.61. The highest BCUT2D eigenvalue weighted by Crippen LogP contribution is 2.03. The molecule has 6 nitrogen and oxygen atoms in total. The van der Waals surface area contributed by atoms with Crippen molar-refractivity contribution in [3.8, 4) is 0 Å². The molecule has 0 aliphatic carbocycles. The molecule has 26 heavy (non-hydrogen) atoms. The summed E-state index contributed by atoms with van der Waals surface area (Å²) in [5, 5.41) is 10.8. The fourth-order valence-corrected chi connectivity index (χ4v) is 2.32. The molecule has 0 saturated carbocycles. The Morgan fingerprint density at radius 2 is 2.04 bits per heavy atom. The van der Waals surface area contributed by atoms with Crippen molar-refractivity contribution in [1.82, 2.24) is 20.4 Å². The van der Waals surface area contributed by atoms with E-state index in [0.717, 1.165) is 32.1 Å². The monoisotopic (exact) mass is 471 g/mol. The van der Waals surface area contributed by atoms with Gasteiger partial charge in [-0.15, -0.1) is 24.0 Å². The Labute approximate surface area is 173 Å². The van der Waals surface area contributed by atoms with Gasteiger partial charge in [-0.05, 0) is 24.5 Å². The molecule has 1 aromatic carbocycles. The quantitative estimate of drug-likeness (QED) is 0.318. The van der Waals surface area contributed by atoms with Gasteiger partial charge in [0.2, 0.25) is 0 Å². The zero-order chi connectivity index (χ0) is 17.7. The van der Waals surface area contributed by atoms with Crippen molar-refractivity contribution < 1.29 is 4.74 Å². The van der Waals surface area contributed by atoms with Crippen LogP contribution in [0.5, 0.6) is 0 Å². The van der Waals surface area contributed by atoms with Crippen LogP contribution in [0.3, 0.4) is 0 Å². The van der Waals surface area contributed by atoms with Crippen LogP contribution in [0, 0.1) is 5.92 Å². The molecule has 0 spiro atoms. The maximum atomic E-state index is 5.78. The van der Waals surface area contributed by atoms with Crippen LogP contribution in [0.1, 0.15) is 19.4 Å². The molecule has 1 heterocycles. The molecule has 1 unspecified atom stereocenters. The van der Waals surface area contributed by atoms with E-state index in [9.17, 15) is 0 Å².